The molecule has 1 aliphatic rings. The Morgan fingerprint density at radius 2 is 2.14 bits per heavy atom. The number of methoxy groups -OCH3 is 1. The summed E-state index contributed by atoms with van der Waals surface area (Å²) in [5, 5.41) is 11.7. The highest BCUT2D eigenvalue weighted by Crippen LogP contribution is 2.34. The molecule has 0 saturated carbocycles. The van der Waals surface area contributed by atoms with E-state index < -0.39 is 11.9 Å². The number of benzene rings is 1. The van der Waals surface area contributed by atoms with Gasteiger partial charge < -0.3 is 20.1 Å². The molecule has 2 amide bonds. The van der Waals surface area contributed by atoms with Crippen LogP contribution in [0.25, 0.3) is 0 Å². The highest BCUT2D eigenvalue weighted by atomic mass is 16.5. The van der Waals surface area contributed by atoms with Gasteiger partial charge in [-0.05, 0) is 12.1 Å². The fraction of sp³-hybridized carbons (Fsp3) is 0.357. The number of carbonyl (C=O) groups excluding carboxylic acids is 2. The quantitative estimate of drug-likeness (QED) is 0.866. The third-order valence-corrected chi connectivity index (χ3v) is 3.28. The molecule has 1 aromatic carbocycles. The molecule has 0 bridgehead atoms. The second-order valence-electron chi connectivity index (χ2n) is 4.81. The molecule has 1 fully saturated rings. The predicted molar refractivity (Wildman–Crippen MR) is 75.4 cm³/mol. The van der Waals surface area contributed by atoms with E-state index in [1.165, 1.54) is 18.9 Å². The molecule has 1 aliphatic heterocycles. The van der Waals surface area contributed by atoms with E-state index in [2.05, 4.69) is 5.32 Å². The van der Waals surface area contributed by atoms with Crippen molar-refractivity contribution < 1.29 is 24.2 Å². The minimum absolute atomic E-state index is 0.0495. The van der Waals surface area contributed by atoms with E-state index in [1.807, 2.05) is 0 Å². The number of rotatable bonds is 4. The topological polar surface area (TPSA) is 95.9 Å². The largest absolute Gasteiger partial charge is 0.497 e. The highest BCUT2D eigenvalue weighted by molar-refractivity contribution is 6.04. The van der Waals surface area contributed by atoms with E-state index in [4.69, 9.17) is 9.84 Å². The summed E-state index contributed by atoms with van der Waals surface area (Å²) in [6.07, 6.45) is -0.0495. The third-order valence-electron chi connectivity index (χ3n) is 3.28. The molecule has 7 heteroatoms. The molecule has 0 aromatic heterocycles. The van der Waals surface area contributed by atoms with Crippen LogP contribution in [0.3, 0.4) is 0 Å². The molecule has 0 aliphatic carbocycles. The second-order valence-corrected chi connectivity index (χ2v) is 4.81. The summed E-state index contributed by atoms with van der Waals surface area (Å²) in [6, 6.07) is 4.88. The van der Waals surface area contributed by atoms with Gasteiger partial charge in [-0.2, -0.15) is 0 Å². The van der Waals surface area contributed by atoms with Gasteiger partial charge in [0.2, 0.25) is 11.8 Å². The van der Waals surface area contributed by atoms with E-state index in [-0.39, 0.29) is 24.8 Å². The van der Waals surface area contributed by atoms with Gasteiger partial charge in [0, 0.05) is 26.0 Å². The molecule has 112 valence electrons. The van der Waals surface area contributed by atoms with Crippen molar-refractivity contribution >= 4 is 29.2 Å². The monoisotopic (exact) mass is 292 g/mol. The van der Waals surface area contributed by atoms with Crippen LogP contribution in [0.2, 0.25) is 0 Å². The Morgan fingerprint density at radius 3 is 2.67 bits per heavy atom. The zero-order chi connectivity index (χ0) is 15.6. The standard InChI is InChI=1S/C14H16N2O5/c1-8(17)15-11-4-3-10(21-2)6-12(11)16-7-9(14(19)20)5-13(16)18/h3-4,6,9H,5,7H2,1-2H3,(H,15,17)(H,19,20). The maximum absolute atomic E-state index is 12.0. The molecule has 1 heterocycles. The maximum Gasteiger partial charge on any atom is 0.308 e. The lowest BCUT2D eigenvalue weighted by Crippen LogP contribution is -2.27. The van der Waals surface area contributed by atoms with Crippen LogP contribution in [0.4, 0.5) is 11.4 Å². The van der Waals surface area contributed by atoms with Gasteiger partial charge in [0.1, 0.15) is 5.75 Å². The highest BCUT2D eigenvalue weighted by Gasteiger charge is 2.36. The number of aliphatic carboxylic acids is 1. The molecule has 0 spiro atoms. The molecular weight excluding hydrogens is 276 g/mol. The maximum atomic E-state index is 12.0. The first-order valence-corrected chi connectivity index (χ1v) is 6.41. The van der Waals surface area contributed by atoms with Crippen molar-refractivity contribution in [1.29, 1.82) is 0 Å². The summed E-state index contributed by atoms with van der Waals surface area (Å²) in [5.74, 6) is -1.79. The number of ether oxygens (including phenoxy) is 1. The van der Waals surface area contributed by atoms with Gasteiger partial charge in [-0.1, -0.05) is 0 Å². The van der Waals surface area contributed by atoms with E-state index in [0.29, 0.717) is 17.1 Å². The van der Waals surface area contributed by atoms with Crippen LogP contribution in [0.1, 0.15) is 13.3 Å². The molecule has 1 aromatic rings. The lowest BCUT2D eigenvalue weighted by molar-refractivity contribution is -0.141. The minimum Gasteiger partial charge on any atom is -0.497 e. The normalized spacial score (nSPS) is 17.7. The first-order chi connectivity index (χ1) is 9.92. The summed E-state index contributed by atoms with van der Waals surface area (Å²) in [4.78, 5) is 35.7. The molecule has 1 saturated heterocycles. The van der Waals surface area contributed by atoms with Crippen LogP contribution >= 0.6 is 0 Å². The Balaban J connectivity index is 2.38. The number of amides is 2. The minimum atomic E-state index is -1.00. The fourth-order valence-electron chi connectivity index (χ4n) is 2.26. The fourth-order valence-corrected chi connectivity index (χ4v) is 2.26. The Morgan fingerprint density at radius 1 is 1.43 bits per heavy atom. The number of nitrogens with one attached hydrogen (secondary N) is 1. The molecule has 2 rings (SSSR count). The van der Waals surface area contributed by atoms with Gasteiger partial charge in [-0.3, -0.25) is 14.4 Å². The van der Waals surface area contributed by atoms with E-state index in [9.17, 15) is 14.4 Å². The SMILES string of the molecule is COc1ccc(NC(C)=O)c(N2CC(C(=O)O)CC2=O)c1. The number of hydrogen-bond acceptors (Lipinski definition) is 4. The van der Waals surface area contributed by atoms with Crippen molar-refractivity contribution in [2.45, 2.75) is 13.3 Å². The number of hydrogen-bond donors (Lipinski definition) is 2. The Hall–Kier alpha value is -2.57. The van der Waals surface area contributed by atoms with Gasteiger partial charge in [-0.15, -0.1) is 0 Å². The summed E-state index contributed by atoms with van der Waals surface area (Å²) in [7, 11) is 1.49. The van der Waals surface area contributed by atoms with E-state index >= 15 is 0 Å². The lowest BCUT2D eigenvalue weighted by atomic mass is 10.1. The molecule has 2 N–H and O–H groups in total. The van der Waals surface area contributed by atoms with E-state index in [0.717, 1.165) is 0 Å². The van der Waals surface area contributed by atoms with Crippen LogP contribution in [0.15, 0.2) is 18.2 Å². The zero-order valence-electron chi connectivity index (χ0n) is 11.8. The number of carbonyl (C=O) groups is 3. The predicted octanol–water partition coefficient (Wildman–Crippen LogP) is 1.09. The summed E-state index contributed by atoms with van der Waals surface area (Å²) < 4.78 is 5.12. The van der Waals surface area contributed by atoms with Gasteiger partial charge in [-0.25, -0.2) is 0 Å². The van der Waals surface area contributed by atoms with Crippen LogP contribution in [0, 0.1) is 5.92 Å². The average Bonchev–Trinajstić information content (AvgIpc) is 2.81. The van der Waals surface area contributed by atoms with Gasteiger partial charge in [0.25, 0.3) is 0 Å². The molecule has 1 unspecified atom stereocenters. The number of carboxylic acid groups (broad SMARTS) is 1. The summed E-state index contributed by atoms with van der Waals surface area (Å²) in [5.41, 5.74) is 0.890. The van der Waals surface area contributed by atoms with Crippen molar-refractivity contribution in [3.8, 4) is 5.75 Å². The van der Waals surface area contributed by atoms with E-state index in [1.54, 1.807) is 18.2 Å². The molecule has 21 heavy (non-hydrogen) atoms. The summed E-state index contributed by atoms with van der Waals surface area (Å²) in [6.45, 7) is 1.44. The van der Waals surface area contributed by atoms with Crippen molar-refractivity contribution in [3.63, 3.8) is 0 Å². The number of carboxylic acids is 1. The second kappa shape index (κ2) is 5.82. The molecule has 1 atom stereocenters. The van der Waals surface area contributed by atoms with Crippen LogP contribution in [-0.4, -0.2) is 36.5 Å². The molecule has 7 nitrogen and oxygen atoms in total. The van der Waals surface area contributed by atoms with Gasteiger partial charge in [0.15, 0.2) is 0 Å². The molecule has 0 radical (unpaired) electrons. The zero-order valence-corrected chi connectivity index (χ0v) is 11.8. The Labute approximate surface area is 121 Å². The number of anilines is 2. The Bertz CT molecular complexity index is 599. The van der Waals surface area contributed by atoms with Crippen LogP contribution in [0.5, 0.6) is 5.75 Å². The van der Waals surface area contributed by atoms with Crippen molar-refractivity contribution in [2.75, 3.05) is 23.9 Å². The smallest absolute Gasteiger partial charge is 0.308 e. The third kappa shape index (κ3) is 3.13. The first kappa shape index (κ1) is 14.8. The average molecular weight is 292 g/mol. The van der Waals surface area contributed by atoms with Gasteiger partial charge >= 0.3 is 5.97 Å². The van der Waals surface area contributed by atoms with Gasteiger partial charge in [0.05, 0.1) is 24.4 Å². The van der Waals surface area contributed by atoms with Crippen molar-refractivity contribution in [3.05, 3.63) is 18.2 Å². The summed E-state index contributed by atoms with van der Waals surface area (Å²) >= 11 is 0. The van der Waals surface area contributed by atoms with Crippen molar-refractivity contribution in [2.24, 2.45) is 5.92 Å². The Kier molecular flexibility index (Phi) is 4.11. The molecular formula is C14H16N2O5. The number of nitrogens with zero attached hydrogens (tertiary/aromatic N) is 1. The first-order valence-electron chi connectivity index (χ1n) is 6.41. The van der Waals surface area contributed by atoms with Crippen LogP contribution < -0.4 is 15.0 Å². The lowest BCUT2D eigenvalue weighted by Gasteiger charge is -2.21. The van der Waals surface area contributed by atoms with Crippen LogP contribution in [-0.2, 0) is 14.4 Å². The van der Waals surface area contributed by atoms with Crippen molar-refractivity contribution in [1.82, 2.24) is 0 Å².